The number of piperidine rings is 2. The van der Waals surface area contributed by atoms with E-state index >= 15 is 0 Å². The average molecular weight is 434 g/mol. The quantitative estimate of drug-likeness (QED) is 0.670. The van der Waals surface area contributed by atoms with E-state index in [-0.39, 0.29) is 17.9 Å². The molecule has 2 fully saturated rings. The maximum atomic E-state index is 12.9. The van der Waals surface area contributed by atoms with Gasteiger partial charge in [-0.25, -0.2) is 0 Å². The van der Waals surface area contributed by atoms with Gasteiger partial charge in [0.2, 0.25) is 5.91 Å². The molecule has 0 unspecified atom stereocenters. The van der Waals surface area contributed by atoms with E-state index in [9.17, 15) is 4.79 Å². The molecular formula is C28H39N3O. The molecule has 4 heteroatoms. The largest absolute Gasteiger partial charge is 0.372 e. The molecule has 2 saturated heterocycles. The number of hydrogen-bond acceptors (Lipinski definition) is 3. The first kappa shape index (κ1) is 22.8. The molecule has 32 heavy (non-hydrogen) atoms. The van der Waals surface area contributed by atoms with Crippen LogP contribution in [0.1, 0.15) is 62.3 Å². The molecule has 2 heterocycles. The second-order valence-electron chi connectivity index (χ2n) is 10.0. The number of aryl methyl sites for hydroxylation is 1. The van der Waals surface area contributed by atoms with E-state index in [0.717, 1.165) is 51.5 Å². The van der Waals surface area contributed by atoms with Crippen LogP contribution < -0.4 is 10.2 Å². The lowest BCUT2D eigenvalue weighted by Crippen LogP contribution is -2.40. The molecule has 0 radical (unpaired) electrons. The number of nitrogens with one attached hydrogen (secondary N) is 1. The van der Waals surface area contributed by atoms with Crippen molar-refractivity contribution >= 4 is 11.6 Å². The second kappa shape index (κ2) is 10.5. The Balaban J connectivity index is 1.23. The van der Waals surface area contributed by atoms with Crippen molar-refractivity contribution in [3.8, 4) is 0 Å². The van der Waals surface area contributed by atoms with Crippen LogP contribution in [0.25, 0.3) is 0 Å². The fraction of sp³-hybridized carbons (Fsp3) is 0.536. The van der Waals surface area contributed by atoms with E-state index in [1.807, 2.05) is 0 Å². The fourth-order valence-electron chi connectivity index (χ4n) is 4.96. The van der Waals surface area contributed by atoms with Crippen molar-refractivity contribution in [2.75, 3.05) is 31.1 Å². The molecular weight excluding hydrogens is 394 g/mol. The Morgan fingerprint density at radius 2 is 1.56 bits per heavy atom. The summed E-state index contributed by atoms with van der Waals surface area (Å²) in [5.74, 6) is 1.18. The Labute approximate surface area is 194 Å². The van der Waals surface area contributed by atoms with Crippen molar-refractivity contribution in [2.45, 2.75) is 59.0 Å². The highest BCUT2D eigenvalue weighted by Gasteiger charge is 2.26. The maximum Gasteiger partial charge on any atom is 0.223 e. The zero-order valence-corrected chi connectivity index (χ0v) is 20.0. The van der Waals surface area contributed by atoms with Crippen LogP contribution in [0.2, 0.25) is 0 Å². The van der Waals surface area contributed by atoms with Gasteiger partial charge in [-0.15, -0.1) is 0 Å². The average Bonchev–Trinajstić information content (AvgIpc) is 2.81. The summed E-state index contributed by atoms with van der Waals surface area (Å²) >= 11 is 0. The van der Waals surface area contributed by atoms with Crippen LogP contribution in [0.5, 0.6) is 0 Å². The van der Waals surface area contributed by atoms with Crippen molar-refractivity contribution in [1.29, 1.82) is 0 Å². The Morgan fingerprint density at radius 3 is 2.19 bits per heavy atom. The molecule has 4 nitrogen and oxygen atoms in total. The summed E-state index contributed by atoms with van der Waals surface area (Å²) in [6.07, 6.45) is 4.43. The molecule has 0 saturated carbocycles. The first-order chi connectivity index (χ1) is 15.5. The molecule has 0 aromatic heterocycles. The summed E-state index contributed by atoms with van der Waals surface area (Å²) in [6, 6.07) is 17.6. The highest BCUT2D eigenvalue weighted by atomic mass is 16.1. The highest BCUT2D eigenvalue weighted by Crippen LogP contribution is 2.25. The van der Waals surface area contributed by atoms with Gasteiger partial charge in [-0.05, 0) is 81.8 Å². The number of anilines is 1. The predicted octanol–water partition coefficient (Wildman–Crippen LogP) is 5.32. The molecule has 2 aromatic carbocycles. The van der Waals surface area contributed by atoms with Crippen LogP contribution in [0, 0.1) is 18.8 Å². The maximum absolute atomic E-state index is 12.9. The summed E-state index contributed by atoms with van der Waals surface area (Å²) in [5, 5.41) is 3.27. The minimum atomic E-state index is 0.0449. The molecule has 1 atom stereocenters. The summed E-state index contributed by atoms with van der Waals surface area (Å²) in [6.45, 7) is 11.8. The van der Waals surface area contributed by atoms with Crippen LogP contribution >= 0.6 is 0 Å². The van der Waals surface area contributed by atoms with Gasteiger partial charge in [0.15, 0.2) is 0 Å². The predicted molar refractivity (Wildman–Crippen MR) is 133 cm³/mol. The summed E-state index contributed by atoms with van der Waals surface area (Å²) < 4.78 is 0. The third-order valence-electron chi connectivity index (χ3n) is 7.39. The van der Waals surface area contributed by atoms with E-state index in [4.69, 9.17) is 0 Å². The van der Waals surface area contributed by atoms with Crippen molar-refractivity contribution in [1.82, 2.24) is 10.2 Å². The number of likely N-dealkylation sites (tertiary alicyclic amines) is 1. The van der Waals surface area contributed by atoms with E-state index in [1.54, 1.807) is 0 Å². The van der Waals surface area contributed by atoms with Gasteiger partial charge < -0.3 is 10.2 Å². The van der Waals surface area contributed by atoms with Crippen LogP contribution in [0.4, 0.5) is 5.69 Å². The fourth-order valence-corrected chi connectivity index (χ4v) is 4.96. The van der Waals surface area contributed by atoms with Crippen molar-refractivity contribution in [3.05, 3.63) is 65.2 Å². The molecule has 1 N–H and O–H groups in total. The zero-order chi connectivity index (χ0) is 22.5. The SMILES string of the molecule is Cc1ccc(CN2CCC(C(=O)N[C@@H](C)c3ccc(N4CCC(C)CC4)cc3)CC2)cc1. The smallest absolute Gasteiger partial charge is 0.223 e. The minimum Gasteiger partial charge on any atom is -0.372 e. The first-order valence-electron chi connectivity index (χ1n) is 12.4. The van der Waals surface area contributed by atoms with Crippen molar-refractivity contribution < 1.29 is 4.79 Å². The van der Waals surface area contributed by atoms with Gasteiger partial charge in [0.25, 0.3) is 0 Å². The summed E-state index contributed by atoms with van der Waals surface area (Å²) in [7, 11) is 0. The van der Waals surface area contributed by atoms with Crippen molar-refractivity contribution in [2.24, 2.45) is 11.8 Å². The molecule has 172 valence electrons. The van der Waals surface area contributed by atoms with Gasteiger partial charge >= 0.3 is 0 Å². The van der Waals surface area contributed by atoms with Gasteiger partial charge in [0, 0.05) is 31.2 Å². The molecule has 4 rings (SSSR count). The third-order valence-corrected chi connectivity index (χ3v) is 7.39. The van der Waals surface area contributed by atoms with Crippen LogP contribution in [0.15, 0.2) is 48.5 Å². The molecule has 2 aromatic rings. The first-order valence-corrected chi connectivity index (χ1v) is 12.4. The topological polar surface area (TPSA) is 35.6 Å². The molecule has 0 spiro atoms. The molecule has 1 amide bonds. The van der Waals surface area contributed by atoms with Gasteiger partial charge in [-0.3, -0.25) is 9.69 Å². The molecule has 2 aliphatic rings. The van der Waals surface area contributed by atoms with Crippen LogP contribution in [-0.4, -0.2) is 37.0 Å². The van der Waals surface area contributed by atoms with Gasteiger partial charge in [-0.2, -0.15) is 0 Å². The molecule has 0 bridgehead atoms. The zero-order valence-electron chi connectivity index (χ0n) is 20.0. The lowest BCUT2D eigenvalue weighted by atomic mass is 9.94. The lowest BCUT2D eigenvalue weighted by molar-refractivity contribution is -0.127. The second-order valence-corrected chi connectivity index (χ2v) is 10.0. The number of rotatable bonds is 6. The number of benzene rings is 2. The number of hydrogen-bond donors (Lipinski definition) is 1. The van der Waals surface area contributed by atoms with E-state index in [1.165, 1.54) is 35.2 Å². The highest BCUT2D eigenvalue weighted by molar-refractivity contribution is 5.79. The van der Waals surface area contributed by atoms with Crippen LogP contribution in [0.3, 0.4) is 0 Å². The lowest BCUT2D eigenvalue weighted by Gasteiger charge is -2.32. The van der Waals surface area contributed by atoms with Crippen LogP contribution in [-0.2, 0) is 11.3 Å². The summed E-state index contributed by atoms with van der Waals surface area (Å²) in [4.78, 5) is 17.8. The standard InChI is InChI=1S/C28H39N3O/c1-21-4-6-24(7-5-21)20-30-16-14-26(15-17-30)28(32)29-23(3)25-8-10-27(11-9-25)31-18-12-22(2)13-19-31/h4-11,22-23,26H,12-20H2,1-3H3,(H,29,32)/t23-/m0/s1. The van der Waals surface area contributed by atoms with Crippen molar-refractivity contribution in [3.63, 3.8) is 0 Å². The third kappa shape index (κ3) is 5.92. The normalized spacial score (nSPS) is 19.7. The Kier molecular flexibility index (Phi) is 7.51. The Morgan fingerprint density at radius 1 is 0.938 bits per heavy atom. The van der Waals surface area contributed by atoms with Gasteiger partial charge in [-0.1, -0.05) is 48.9 Å². The number of carbonyl (C=O) groups is 1. The minimum absolute atomic E-state index is 0.0449. The Hall–Kier alpha value is -2.33. The van der Waals surface area contributed by atoms with E-state index < -0.39 is 0 Å². The molecule has 0 aliphatic carbocycles. The monoisotopic (exact) mass is 433 g/mol. The number of carbonyl (C=O) groups excluding carboxylic acids is 1. The molecule has 2 aliphatic heterocycles. The number of amides is 1. The van der Waals surface area contributed by atoms with Gasteiger partial charge in [0.05, 0.1) is 6.04 Å². The summed E-state index contributed by atoms with van der Waals surface area (Å²) in [5.41, 5.74) is 5.15. The van der Waals surface area contributed by atoms with E-state index in [0.29, 0.717) is 0 Å². The van der Waals surface area contributed by atoms with E-state index in [2.05, 4.69) is 84.4 Å². The Bertz CT molecular complexity index is 861. The number of nitrogens with zero attached hydrogens (tertiary/aromatic N) is 2. The van der Waals surface area contributed by atoms with Gasteiger partial charge in [0.1, 0.15) is 0 Å².